The SMILES string of the molecule is NCCN1CCN(S(=O)(=O)c2cccc(C(F)(F)F)c2)CC1. The molecule has 22 heavy (non-hydrogen) atoms. The van der Waals surface area contributed by atoms with Gasteiger partial charge in [0.15, 0.2) is 0 Å². The molecule has 1 heterocycles. The minimum Gasteiger partial charge on any atom is -0.329 e. The van der Waals surface area contributed by atoms with E-state index in [2.05, 4.69) is 0 Å². The molecule has 124 valence electrons. The van der Waals surface area contributed by atoms with Crippen molar-refractivity contribution < 1.29 is 21.6 Å². The van der Waals surface area contributed by atoms with Crippen LogP contribution in [-0.4, -0.2) is 56.9 Å². The van der Waals surface area contributed by atoms with Crippen LogP contribution in [0.5, 0.6) is 0 Å². The van der Waals surface area contributed by atoms with Crippen LogP contribution >= 0.6 is 0 Å². The van der Waals surface area contributed by atoms with Gasteiger partial charge in [0, 0.05) is 39.3 Å². The van der Waals surface area contributed by atoms with Crippen LogP contribution in [0.25, 0.3) is 0 Å². The molecule has 2 N–H and O–H groups in total. The molecule has 5 nitrogen and oxygen atoms in total. The summed E-state index contributed by atoms with van der Waals surface area (Å²) in [6.45, 7) is 2.71. The van der Waals surface area contributed by atoms with E-state index in [4.69, 9.17) is 5.73 Å². The second-order valence-corrected chi connectivity index (χ2v) is 7.00. The van der Waals surface area contributed by atoms with Gasteiger partial charge in [0.05, 0.1) is 10.5 Å². The minimum absolute atomic E-state index is 0.249. The molecule has 1 aromatic rings. The highest BCUT2D eigenvalue weighted by atomic mass is 32.2. The van der Waals surface area contributed by atoms with Gasteiger partial charge in [0.25, 0.3) is 0 Å². The molecule has 0 aliphatic carbocycles. The Morgan fingerprint density at radius 1 is 1.14 bits per heavy atom. The number of sulfonamides is 1. The summed E-state index contributed by atoms with van der Waals surface area (Å²) >= 11 is 0. The van der Waals surface area contributed by atoms with E-state index in [9.17, 15) is 21.6 Å². The van der Waals surface area contributed by atoms with E-state index in [1.807, 2.05) is 4.90 Å². The fourth-order valence-corrected chi connectivity index (χ4v) is 3.83. The lowest BCUT2D eigenvalue weighted by atomic mass is 10.2. The minimum atomic E-state index is -4.56. The summed E-state index contributed by atoms with van der Waals surface area (Å²) in [5, 5.41) is 0. The van der Waals surface area contributed by atoms with Gasteiger partial charge in [-0.05, 0) is 18.2 Å². The Bertz CT molecular complexity index is 611. The van der Waals surface area contributed by atoms with Crippen LogP contribution in [0.2, 0.25) is 0 Å². The number of nitrogens with zero attached hydrogens (tertiary/aromatic N) is 2. The quantitative estimate of drug-likeness (QED) is 0.889. The number of halogens is 3. The van der Waals surface area contributed by atoms with Crippen LogP contribution in [-0.2, 0) is 16.2 Å². The first-order valence-electron chi connectivity index (χ1n) is 6.85. The average molecular weight is 337 g/mol. The Kier molecular flexibility index (Phi) is 5.10. The number of benzene rings is 1. The summed E-state index contributed by atoms with van der Waals surface area (Å²) in [5.74, 6) is 0. The summed E-state index contributed by atoms with van der Waals surface area (Å²) in [6.07, 6.45) is -4.56. The molecule has 2 rings (SSSR count). The van der Waals surface area contributed by atoms with Gasteiger partial charge >= 0.3 is 6.18 Å². The molecule has 1 aliphatic heterocycles. The zero-order chi connectivity index (χ0) is 16.4. The number of alkyl halides is 3. The third kappa shape index (κ3) is 3.78. The molecule has 0 atom stereocenters. The van der Waals surface area contributed by atoms with Gasteiger partial charge in [-0.3, -0.25) is 4.90 Å². The summed E-state index contributed by atoms with van der Waals surface area (Å²) in [5.41, 5.74) is 4.49. The monoisotopic (exact) mass is 337 g/mol. The fraction of sp³-hybridized carbons (Fsp3) is 0.538. The number of hydrogen-bond acceptors (Lipinski definition) is 4. The summed E-state index contributed by atoms with van der Waals surface area (Å²) in [7, 11) is -3.91. The van der Waals surface area contributed by atoms with Gasteiger partial charge in [-0.25, -0.2) is 8.42 Å². The van der Waals surface area contributed by atoms with E-state index in [0.717, 1.165) is 12.1 Å². The molecule has 9 heteroatoms. The van der Waals surface area contributed by atoms with E-state index in [1.54, 1.807) is 0 Å². The Morgan fingerprint density at radius 3 is 2.32 bits per heavy atom. The van der Waals surface area contributed by atoms with E-state index in [0.29, 0.717) is 32.2 Å². The highest BCUT2D eigenvalue weighted by molar-refractivity contribution is 7.89. The Labute approximate surface area is 127 Å². The largest absolute Gasteiger partial charge is 0.416 e. The van der Waals surface area contributed by atoms with Crippen molar-refractivity contribution >= 4 is 10.0 Å². The van der Waals surface area contributed by atoms with Crippen LogP contribution < -0.4 is 5.73 Å². The van der Waals surface area contributed by atoms with E-state index >= 15 is 0 Å². The average Bonchev–Trinajstić information content (AvgIpc) is 2.47. The zero-order valence-electron chi connectivity index (χ0n) is 11.9. The lowest BCUT2D eigenvalue weighted by Gasteiger charge is -2.33. The highest BCUT2D eigenvalue weighted by Gasteiger charge is 2.33. The van der Waals surface area contributed by atoms with Crippen molar-refractivity contribution in [3.05, 3.63) is 29.8 Å². The van der Waals surface area contributed by atoms with Gasteiger partial charge in [-0.1, -0.05) is 6.07 Å². The molecule has 0 bridgehead atoms. The molecular weight excluding hydrogens is 319 g/mol. The fourth-order valence-electron chi connectivity index (χ4n) is 2.36. The standard InChI is InChI=1S/C13H18F3N3O2S/c14-13(15,16)11-2-1-3-12(10-11)22(20,21)19-8-6-18(5-4-17)7-9-19/h1-3,10H,4-9,17H2. The maximum Gasteiger partial charge on any atom is 0.416 e. The van der Waals surface area contributed by atoms with Crippen molar-refractivity contribution in [1.82, 2.24) is 9.21 Å². The molecular formula is C13H18F3N3O2S. The first-order chi connectivity index (χ1) is 10.2. The van der Waals surface area contributed by atoms with Crippen molar-refractivity contribution in [2.24, 2.45) is 5.73 Å². The van der Waals surface area contributed by atoms with Gasteiger partial charge < -0.3 is 5.73 Å². The maximum atomic E-state index is 12.7. The van der Waals surface area contributed by atoms with Crippen LogP contribution in [0, 0.1) is 0 Å². The highest BCUT2D eigenvalue weighted by Crippen LogP contribution is 2.31. The molecule has 0 saturated carbocycles. The van der Waals surface area contributed by atoms with Gasteiger partial charge in [0.1, 0.15) is 0 Å². The predicted octanol–water partition coefficient (Wildman–Crippen LogP) is 0.970. The third-order valence-electron chi connectivity index (χ3n) is 3.58. The topological polar surface area (TPSA) is 66.6 Å². The van der Waals surface area contributed by atoms with Crippen molar-refractivity contribution in [2.75, 3.05) is 39.3 Å². The predicted molar refractivity (Wildman–Crippen MR) is 75.7 cm³/mol. The number of hydrogen-bond donors (Lipinski definition) is 1. The molecule has 0 spiro atoms. The van der Waals surface area contributed by atoms with Crippen molar-refractivity contribution in [3.8, 4) is 0 Å². The number of piperazine rings is 1. The maximum absolute atomic E-state index is 12.7. The molecule has 0 radical (unpaired) electrons. The molecule has 0 aromatic heterocycles. The van der Waals surface area contributed by atoms with Crippen molar-refractivity contribution in [1.29, 1.82) is 0 Å². The second-order valence-electron chi connectivity index (χ2n) is 5.06. The first kappa shape index (κ1) is 17.2. The smallest absolute Gasteiger partial charge is 0.329 e. The third-order valence-corrected chi connectivity index (χ3v) is 5.47. The zero-order valence-corrected chi connectivity index (χ0v) is 12.7. The molecule has 1 aliphatic rings. The van der Waals surface area contributed by atoms with Crippen LogP contribution in [0.15, 0.2) is 29.2 Å². The number of rotatable bonds is 4. The lowest BCUT2D eigenvalue weighted by Crippen LogP contribution is -2.49. The van der Waals surface area contributed by atoms with E-state index in [1.165, 1.54) is 10.4 Å². The summed E-state index contributed by atoms with van der Waals surface area (Å²) in [6, 6.07) is 3.84. The van der Waals surface area contributed by atoms with E-state index in [-0.39, 0.29) is 18.0 Å². The van der Waals surface area contributed by atoms with Crippen molar-refractivity contribution in [3.63, 3.8) is 0 Å². The molecule has 1 fully saturated rings. The molecule has 0 unspecified atom stereocenters. The molecule has 1 saturated heterocycles. The molecule has 1 aromatic carbocycles. The summed E-state index contributed by atoms with van der Waals surface area (Å²) in [4.78, 5) is 1.70. The Balaban J connectivity index is 2.18. The second kappa shape index (κ2) is 6.53. The Hall–Kier alpha value is -1.16. The van der Waals surface area contributed by atoms with Gasteiger partial charge in [0.2, 0.25) is 10.0 Å². The van der Waals surface area contributed by atoms with Gasteiger partial charge in [-0.15, -0.1) is 0 Å². The first-order valence-corrected chi connectivity index (χ1v) is 8.29. The van der Waals surface area contributed by atoms with Crippen molar-refractivity contribution in [2.45, 2.75) is 11.1 Å². The van der Waals surface area contributed by atoms with Gasteiger partial charge in [-0.2, -0.15) is 17.5 Å². The molecule has 0 amide bonds. The lowest BCUT2D eigenvalue weighted by molar-refractivity contribution is -0.137. The summed E-state index contributed by atoms with van der Waals surface area (Å²) < 4.78 is 64.2. The number of nitrogens with two attached hydrogens (primary N) is 1. The van der Waals surface area contributed by atoms with Crippen LogP contribution in [0.4, 0.5) is 13.2 Å². The van der Waals surface area contributed by atoms with Crippen LogP contribution in [0.1, 0.15) is 5.56 Å². The van der Waals surface area contributed by atoms with E-state index < -0.39 is 21.8 Å². The van der Waals surface area contributed by atoms with Crippen LogP contribution in [0.3, 0.4) is 0 Å². The Morgan fingerprint density at radius 2 is 1.77 bits per heavy atom. The normalized spacial score (nSPS) is 18.5.